The van der Waals surface area contributed by atoms with Crippen LogP contribution >= 0.6 is 0 Å². The van der Waals surface area contributed by atoms with Gasteiger partial charge in [-0.05, 0) is 92.7 Å². The Morgan fingerprint density at radius 2 is 0.935 bits per heavy atom. The zero-order valence-electron chi connectivity index (χ0n) is 33.6. The molecular formula is C59H37NO2. The fraction of sp³-hybridized carbons (Fsp3) is 0.0169. The van der Waals surface area contributed by atoms with Crippen LogP contribution in [0.5, 0.6) is 0 Å². The van der Waals surface area contributed by atoms with Crippen LogP contribution < -0.4 is 4.90 Å². The highest BCUT2D eigenvalue weighted by molar-refractivity contribution is 6.16. The van der Waals surface area contributed by atoms with E-state index in [-0.39, 0.29) is 0 Å². The van der Waals surface area contributed by atoms with Crippen molar-refractivity contribution in [3.05, 3.63) is 247 Å². The first-order valence-corrected chi connectivity index (χ1v) is 21.2. The van der Waals surface area contributed by atoms with Gasteiger partial charge in [-0.1, -0.05) is 176 Å². The molecule has 0 saturated carbocycles. The Balaban J connectivity index is 1.12. The van der Waals surface area contributed by atoms with Gasteiger partial charge in [-0.2, -0.15) is 0 Å². The van der Waals surface area contributed by atoms with Crippen LogP contribution in [0.25, 0.3) is 76.9 Å². The molecule has 3 nitrogen and oxygen atoms in total. The van der Waals surface area contributed by atoms with Gasteiger partial charge in [0.1, 0.15) is 22.3 Å². The highest BCUT2D eigenvalue weighted by Crippen LogP contribution is 2.58. The molecule has 0 fully saturated rings. The first-order chi connectivity index (χ1) is 30.8. The quantitative estimate of drug-likeness (QED) is 0.168. The number of benzene rings is 10. The van der Waals surface area contributed by atoms with Crippen LogP contribution in [-0.4, -0.2) is 0 Å². The van der Waals surface area contributed by atoms with Crippen molar-refractivity contribution in [2.75, 3.05) is 4.90 Å². The first kappa shape index (κ1) is 34.7. The van der Waals surface area contributed by atoms with Gasteiger partial charge in [0, 0.05) is 33.0 Å². The van der Waals surface area contributed by atoms with Gasteiger partial charge < -0.3 is 13.7 Å². The Hall–Kier alpha value is -8.14. The summed E-state index contributed by atoms with van der Waals surface area (Å²) in [4.78, 5) is 2.44. The molecule has 2 heterocycles. The number of anilines is 3. The van der Waals surface area contributed by atoms with E-state index in [0.29, 0.717) is 0 Å². The molecular weight excluding hydrogens is 755 g/mol. The topological polar surface area (TPSA) is 29.5 Å². The molecule has 0 N–H and O–H groups in total. The third-order valence-corrected chi connectivity index (χ3v) is 13.1. The average molecular weight is 792 g/mol. The molecule has 0 spiro atoms. The number of rotatable bonds is 6. The van der Waals surface area contributed by atoms with Crippen LogP contribution in [0.3, 0.4) is 0 Å². The van der Waals surface area contributed by atoms with Crippen LogP contribution in [0.1, 0.15) is 22.3 Å². The molecule has 12 aromatic rings. The molecule has 0 amide bonds. The zero-order valence-corrected chi connectivity index (χ0v) is 33.6. The number of furan rings is 2. The number of hydrogen-bond acceptors (Lipinski definition) is 3. The first-order valence-electron chi connectivity index (χ1n) is 21.2. The van der Waals surface area contributed by atoms with E-state index in [2.05, 4.69) is 223 Å². The summed E-state index contributed by atoms with van der Waals surface area (Å²) in [5.74, 6) is 0. The van der Waals surface area contributed by atoms with Crippen molar-refractivity contribution in [1.29, 1.82) is 0 Å². The maximum absolute atomic E-state index is 6.90. The van der Waals surface area contributed by atoms with E-state index in [1.165, 1.54) is 38.8 Å². The van der Waals surface area contributed by atoms with E-state index in [4.69, 9.17) is 8.83 Å². The number of fused-ring (bicyclic) bond motifs is 10. The van der Waals surface area contributed by atoms with Crippen molar-refractivity contribution in [1.82, 2.24) is 0 Å². The summed E-state index contributed by atoms with van der Waals surface area (Å²) in [6, 6.07) is 81.1. The molecule has 0 unspecified atom stereocenters. The summed E-state index contributed by atoms with van der Waals surface area (Å²) < 4.78 is 13.5. The molecule has 2 aromatic heterocycles. The van der Waals surface area contributed by atoms with Crippen LogP contribution in [0, 0.1) is 0 Å². The molecule has 10 aromatic carbocycles. The minimum atomic E-state index is -0.562. The van der Waals surface area contributed by atoms with E-state index in [9.17, 15) is 0 Å². The Morgan fingerprint density at radius 1 is 0.339 bits per heavy atom. The van der Waals surface area contributed by atoms with Gasteiger partial charge in [0.25, 0.3) is 0 Å². The average Bonchev–Trinajstić information content (AvgIpc) is 4.00. The number of hydrogen-bond donors (Lipinski definition) is 0. The summed E-state index contributed by atoms with van der Waals surface area (Å²) >= 11 is 0. The van der Waals surface area contributed by atoms with Crippen LogP contribution in [-0.2, 0) is 5.41 Å². The molecule has 1 aliphatic rings. The van der Waals surface area contributed by atoms with E-state index >= 15 is 0 Å². The normalized spacial score (nSPS) is 13.0. The minimum absolute atomic E-state index is 0.562. The minimum Gasteiger partial charge on any atom is -0.456 e. The second-order valence-electron chi connectivity index (χ2n) is 16.3. The fourth-order valence-corrected chi connectivity index (χ4v) is 10.5. The lowest BCUT2D eigenvalue weighted by Crippen LogP contribution is -2.28. The molecule has 0 aliphatic heterocycles. The lowest BCUT2D eigenvalue weighted by molar-refractivity contribution is 0.669. The molecule has 290 valence electrons. The van der Waals surface area contributed by atoms with Crippen molar-refractivity contribution < 1.29 is 8.83 Å². The molecule has 0 atom stereocenters. The fourth-order valence-electron chi connectivity index (χ4n) is 10.5. The molecule has 62 heavy (non-hydrogen) atoms. The van der Waals surface area contributed by atoms with Crippen molar-refractivity contribution in [3.8, 4) is 22.3 Å². The Morgan fingerprint density at radius 3 is 1.76 bits per heavy atom. The number of nitrogens with zero attached hydrogens (tertiary/aromatic N) is 1. The molecule has 0 bridgehead atoms. The third kappa shape index (κ3) is 4.94. The van der Waals surface area contributed by atoms with Gasteiger partial charge in [-0.25, -0.2) is 0 Å². The molecule has 1 aliphatic carbocycles. The van der Waals surface area contributed by atoms with E-state index < -0.39 is 5.41 Å². The van der Waals surface area contributed by atoms with E-state index in [1.807, 2.05) is 6.07 Å². The Kier molecular flexibility index (Phi) is 7.52. The molecule has 0 saturated heterocycles. The largest absolute Gasteiger partial charge is 0.456 e. The van der Waals surface area contributed by atoms with Crippen LogP contribution in [0.4, 0.5) is 17.1 Å². The van der Waals surface area contributed by atoms with Gasteiger partial charge in [-0.3, -0.25) is 0 Å². The van der Waals surface area contributed by atoms with Crippen molar-refractivity contribution >= 4 is 71.7 Å². The smallest absolute Gasteiger partial charge is 0.143 e. The SMILES string of the molecule is c1ccc(C2(c3ccccc3)c3ccccc3-c3ccc(N(c4ccccc4-c4cccc5c4oc4cc6ccccc6cc45)c4cccc5oc6ccccc6c45)cc32)cc1. The summed E-state index contributed by atoms with van der Waals surface area (Å²) in [5, 5.41) is 6.70. The molecule has 3 heteroatoms. The van der Waals surface area contributed by atoms with Gasteiger partial charge in [-0.15, -0.1) is 0 Å². The van der Waals surface area contributed by atoms with Gasteiger partial charge in [0.15, 0.2) is 0 Å². The van der Waals surface area contributed by atoms with Crippen molar-refractivity contribution in [2.45, 2.75) is 5.41 Å². The third-order valence-electron chi connectivity index (χ3n) is 13.1. The lowest BCUT2D eigenvalue weighted by Gasteiger charge is -2.35. The van der Waals surface area contributed by atoms with Crippen LogP contribution in [0.2, 0.25) is 0 Å². The highest BCUT2D eigenvalue weighted by atomic mass is 16.3. The monoisotopic (exact) mass is 791 g/mol. The van der Waals surface area contributed by atoms with Crippen LogP contribution in [0.15, 0.2) is 233 Å². The summed E-state index contributed by atoms with van der Waals surface area (Å²) in [5.41, 5.74) is 15.6. The zero-order chi connectivity index (χ0) is 40.8. The van der Waals surface area contributed by atoms with Crippen molar-refractivity contribution in [2.24, 2.45) is 0 Å². The van der Waals surface area contributed by atoms with Gasteiger partial charge in [0.2, 0.25) is 0 Å². The Bertz CT molecular complexity index is 3670. The van der Waals surface area contributed by atoms with Crippen molar-refractivity contribution in [3.63, 3.8) is 0 Å². The number of para-hydroxylation sites is 3. The predicted molar refractivity (Wildman–Crippen MR) is 256 cm³/mol. The summed E-state index contributed by atoms with van der Waals surface area (Å²) in [6.07, 6.45) is 0. The predicted octanol–water partition coefficient (Wildman–Crippen LogP) is 16.1. The summed E-state index contributed by atoms with van der Waals surface area (Å²) in [6.45, 7) is 0. The lowest BCUT2D eigenvalue weighted by atomic mass is 9.67. The summed E-state index contributed by atoms with van der Waals surface area (Å²) in [7, 11) is 0. The standard InChI is InChI=1S/C59H37NO2/c1-3-19-40(20-4-1)59(41-21-5-2-6-22-41)50-28-12-9-23-43(50)44-34-33-42(37-51(44)59)60(53-30-16-32-55-57(53)48-25-11-14-31-54(48)61-55)52-29-13-10-24-45(52)46-26-15-27-47-49-35-38-17-7-8-18-39(38)36-56(49)62-58(46)47/h1-37H. The van der Waals surface area contributed by atoms with E-state index in [0.717, 1.165) is 77.5 Å². The Labute approximate surface area is 358 Å². The van der Waals surface area contributed by atoms with Gasteiger partial charge in [0.05, 0.1) is 22.2 Å². The highest BCUT2D eigenvalue weighted by Gasteiger charge is 2.46. The molecule has 13 rings (SSSR count). The molecule has 0 radical (unpaired) electrons. The maximum Gasteiger partial charge on any atom is 0.143 e. The second-order valence-corrected chi connectivity index (χ2v) is 16.3. The second kappa shape index (κ2) is 13.4. The maximum atomic E-state index is 6.90. The van der Waals surface area contributed by atoms with E-state index in [1.54, 1.807) is 0 Å². The van der Waals surface area contributed by atoms with Gasteiger partial charge >= 0.3 is 0 Å².